The molecule has 0 aliphatic rings. The largest absolute Gasteiger partial charge is 0.325 e. The van der Waals surface area contributed by atoms with Crippen molar-refractivity contribution in [2.45, 2.75) is 31.7 Å². The van der Waals surface area contributed by atoms with E-state index in [0.717, 1.165) is 19.3 Å². The molecule has 0 radical (unpaired) electrons. The van der Waals surface area contributed by atoms with Crippen LogP contribution in [-0.4, -0.2) is 11.4 Å². The Balaban J connectivity index is 2.65. The highest BCUT2D eigenvalue weighted by Crippen LogP contribution is 2.18. The summed E-state index contributed by atoms with van der Waals surface area (Å²) in [6, 6.07) is 10.4. The smallest absolute Gasteiger partial charge is 0.0241 e. The van der Waals surface area contributed by atoms with Crippen LogP contribution in [0.4, 0.5) is 0 Å². The number of nitrogens with two attached hydrogens (primary N) is 1. The standard InChI is InChI=1S/C12H18ClN/c1-2-12(14,8-9-13)10-11-6-4-3-5-7-11/h3-7H,2,8-10,14H2,1H3. The van der Waals surface area contributed by atoms with Gasteiger partial charge in [-0.15, -0.1) is 11.6 Å². The average molecular weight is 212 g/mol. The van der Waals surface area contributed by atoms with Crippen LogP contribution < -0.4 is 5.73 Å². The van der Waals surface area contributed by atoms with E-state index in [0.29, 0.717) is 5.88 Å². The number of hydrogen-bond acceptors (Lipinski definition) is 1. The molecule has 1 atom stereocenters. The third kappa shape index (κ3) is 3.32. The van der Waals surface area contributed by atoms with Crippen LogP contribution in [-0.2, 0) is 6.42 Å². The topological polar surface area (TPSA) is 26.0 Å². The summed E-state index contributed by atoms with van der Waals surface area (Å²) in [6.07, 6.45) is 2.76. The molecular formula is C12H18ClN. The van der Waals surface area contributed by atoms with E-state index < -0.39 is 0 Å². The Morgan fingerprint density at radius 1 is 1.29 bits per heavy atom. The Morgan fingerprint density at radius 3 is 2.43 bits per heavy atom. The van der Waals surface area contributed by atoms with Crippen LogP contribution in [0.2, 0.25) is 0 Å². The molecule has 1 rings (SSSR count). The summed E-state index contributed by atoms with van der Waals surface area (Å²) >= 11 is 5.75. The molecule has 0 saturated heterocycles. The molecule has 0 fully saturated rings. The van der Waals surface area contributed by atoms with Gasteiger partial charge in [0.2, 0.25) is 0 Å². The molecule has 0 aliphatic heterocycles. The van der Waals surface area contributed by atoms with Gasteiger partial charge in [0.05, 0.1) is 0 Å². The van der Waals surface area contributed by atoms with Crippen molar-refractivity contribution < 1.29 is 0 Å². The molecule has 1 aromatic rings. The van der Waals surface area contributed by atoms with Crippen LogP contribution in [0.25, 0.3) is 0 Å². The summed E-state index contributed by atoms with van der Waals surface area (Å²) < 4.78 is 0. The lowest BCUT2D eigenvalue weighted by molar-refractivity contribution is 0.395. The Morgan fingerprint density at radius 2 is 1.93 bits per heavy atom. The maximum Gasteiger partial charge on any atom is 0.0241 e. The Labute approximate surface area is 91.3 Å². The van der Waals surface area contributed by atoms with Gasteiger partial charge >= 0.3 is 0 Å². The Kier molecular flexibility index (Phi) is 4.43. The predicted octanol–water partition coefficient (Wildman–Crippen LogP) is 2.97. The van der Waals surface area contributed by atoms with Gasteiger partial charge in [-0.25, -0.2) is 0 Å². The second-order valence-corrected chi connectivity index (χ2v) is 4.20. The first kappa shape index (κ1) is 11.5. The monoisotopic (exact) mass is 211 g/mol. The fraction of sp³-hybridized carbons (Fsp3) is 0.500. The molecule has 0 aromatic heterocycles. The van der Waals surface area contributed by atoms with Gasteiger partial charge in [-0.1, -0.05) is 37.3 Å². The maximum absolute atomic E-state index is 6.26. The Hall–Kier alpha value is -0.530. The normalized spacial score (nSPS) is 15.1. The maximum atomic E-state index is 6.26. The number of alkyl halides is 1. The molecule has 14 heavy (non-hydrogen) atoms. The molecule has 1 nitrogen and oxygen atoms in total. The summed E-state index contributed by atoms with van der Waals surface area (Å²) in [4.78, 5) is 0. The average Bonchev–Trinajstić information content (AvgIpc) is 2.20. The predicted molar refractivity (Wildman–Crippen MR) is 62.7 cm³/mol. The molecule has 0 spiro atoms. The van der Waals surface area contributed by atoms with E-state index in [9.17, 15) is 0 Å². The quantitative estimate of drug-likeness (QED) is 0.745. The van der Waals surface area contributed by atoms with E-state index in [1.807, 2.05) is 18.2 Å². The zero-order chi connectivity index (χ0) is 10.4. The molecule has 1 aromatic carbocycles. The van der Waals surface area contributed by atoms with Crippen molar-refractivity contribution in [3.63, 3.8) is 0 Å². The summed E-state index contributed by atoms with van der Waals surface area (Å²) in [5.74, 6) is 0.636. The second kappa shape index (κ2) is 5.38. The number of hydrogen-bond donors (Lipinski definition) is 1. The summed E-state index contributed by atoms with van der Waals surface area (Å²) in [5.41, 5.74) is 7.41. The molecule has 0 heterocycles. The van der Waals surface area contributed by atoms with Gasteiger partial charge in [-0.2, -0.15) is 0 Å². The van der Waals surface area contributed by atoms with Crippen molar-refractivity contribution >= 4 is 11.6 Å². The van der Waals surface area contributed by atoms with Gasteiger partial charge in [0.25, 0.3) is 0 Å². The van der Waals surface area contributed by atoms with Crippen LogP contribution in [0.5, 0.6) is 0 Å². The number of rotatable bonds is 5. The third-order valence-corrected chi connectivity index (χ3v) is 2.88. The molecule has 0 saturated carbocycles. The molecule has 0 aliphatic carbocycles. The van der Waals surface area contributed by atoms with Gasteiger partial charge in [0, 0.05) is 11.4 Å². The molecule has 2 N–H and O–H groups in total. The van der Waals surface area contributed by atoms with E-state index in [-0.39, 0.29) is 5.54 Å². The molecule has 0 amide bonds. The van der Waals surface area contributed by atoms with Crippen LogP contribution in [0.3, 0.4) is 0 Å². The van der Waals surface area contributed by atoms with Crippen molar-refractivity contribution in [2.75, 3.05) is 5.88 Å². The van der Waals surface area contributed by atoms with Crippen molar-refractivity contribution in [2.24, 2.45) is 5.73 Å². The van der Waals surface area contributed by atoms with Crippen molar-refractivity contribution in [1.29, 1.82) is 0 Å². The van der Waals surface area contributed by atoms with Crippen LogP contribution in [0.1, 0.15) is 25.3 Å². The molecule has 78 valence electrons. The summed E-state index contributed by atoms with van der Waals surface area (Å²) in [5, 5.41) is 0. The van der Waals surface area contributed by atoms with Gasteiger partial charge in [-0.3, -0.25) is 0 Å². The lowest BCUT2D eigenvalue weighted by Crippen LogP contribution is -2.41. The number of benzene rings is 1. The van der Waals surface area contributed by atoms with E-state index in [4.69, 9.17) is 17.3 Å². The van der Waals surface area contributed by atoms with E-state index >= 15 is 0 Å². The summed E-state index contributed by atoms with van der Waals surface area (Å²) in [6.45, 7) is 2.12. The van der Waals surface area contributed by atoms with Gasteiger partial charge in [-0.05, 0) is 24.8 Å². The molecule has 1 unspecified atom stereocenters. The fourth-order valence-electron chi connectivity index (χ4n) is 1.58. The van der Waals surface area contributed by atoms with Gasteiger partial charge < -0.3 is 5.73 Å². The molecule has 0 bridgehead atoms. The van der Waals surface area contributed by atoms with Crippen molar-refractivity contribution in [1.82, 2.24) is 0 Å². The molecule has 2 heteroatoms. The zero-order valence-corrected chi connectivity index (χ0v) is 9.43. The zero-order valence-electron chi connectivity index (χ0n) is 8.67. The highest BCUT2D eigenvalue weighted by Gasteiger charge is 2.21. The van der Waals surface area contributed by atoms with E-state index in [1.165, 1.54) is 5.56 Å². The molecular weight excluding hydrogens is 194 g/mol. The SMILES string of the molecule is CCC(N)(CCCl)Cc1ccccc1. The lowest BCUT2D eigenvalue weighted by Gasteiger charge is -2.27. The van der Waals surface area contributed by atoms with Gasteiger partial charge in [0.15, 0.2) is 0 Å². The minimum atomic E-state index is -0.136. The first-order chi connectivity index (χ1) is 6.70. The van der Waals surface area contributed by atoms with Crippen LogP contribution in [0.15, 0.2) is 30.3 Å². The van der Waals surface area contributed by atoms with Crippen molar-refractivity contribution in [3.8, 4) is 0 Å². The van der Waals surface area contributed by atoms with Crippen molar-refractivity contribution in [3.05, 3.63) is 35.9 Å². The van der Waals surface area contributed by atoms with Gasteiger partial charge in [0.1, 0.15) is 0 Å². The van der Waals surface area contributed by atoms with E-state index in [1.54, 1.807) is 0 Å². The third-order valence-electron chi connectivity index (χ3n) is 2.70. The lowest BCUT2D eigenvalue weighted by atomic mass is 9.87. The highest BCUT2D eigenvalue weighted by atomic mass is 35.5. The second-order valence-electron chi connectivity index (χ2n) is 3.82. The minimum absolute atomic E-state index is 0.136. The Bertz CT molecular complexity index is 260. The number of halogens is 1. The van der Waals surface area contributed by atoms with E-state index in [2.05, 4.69) is 19.1 Å². The minimum Gasteiger partial charge on any atom is -0.325 e. The first-order valence-electron chi connectivity index (χ1n) is 5.09. The summed E-state index contributed by atoms with van der Waals surface area (Å²) in [7, 11) is 0. The van der Waals surface area contributed by atoms with Crippen LogP contribution in [0, 0.1) is 0 Å². The van der Waals surface area contributed by atoms with Crippen LogP contribution >= 0.6 is 11.6 Å². The fourth-order valence-corrected chi connectivity index (χ4v) is 1.96. The first-order valence-corrected chi connectivity index (χ1v) is 5.62. The highest BCUT2D eigenvalue weighted by molar-refractivity contribution is 6.17.